The van der Waals surface area contributed by atoms with Gasteiger partial charge in [0.15, 0.2) is 11.2 Å². The van der Waals surface area contributed by atoms with Gasteiger partial charge >= 0.3 is 5.69 Å². The number of rotatable bonds is 9. The Labute approximate surface area is 213 Å². The molecule has 3 aromatic heterocycles. The maximum absolute atomic E-state index is 13.7. The lowest BCUT2D eigenvalue weighted by atomic mass is 10.1. The number of nitrogens with zero attached hydrogens (tertiary/aromatic N) is 5. The Balaban J connectivity index is 1.60. The third-order valence-electron chi connectivity index (χ3n) is 6.59. The highest BCUT2D eigenvalue weighted by atomic mass is 16.3. The fourth-order valence-corrected chi connectivity index (χ4v) is 4.73. The lowest BCUT2D eigenvalue weighted by molar-refractivity contribution is -0.119. The van der Waals surface area contributed by atoms with Crippen LogP contribution in [-0.4, -0.2) is 31.1 Å². The van der Waals surface area contributed by atoms with E-state index in [4.69, 9.17) is 4.42 Å². The number of carbonyl (C=O) groups is 1. The summed E-state index contributed by atoms with van der Waals surface area (Å²) >= 11 is 0. The molecule has 9 heteroatoms. The first-order valence-corrected chi connectivity index (χ1v) is 12.5. The van der Waals surface area contributed by atoms with Crippen molar-refractivity contribution in [2.24, 2.45) is 0 Å². The highest BCUT2D eigenvalue weighted by Gasteiger charge is 2.23. The van der Waals surface area contributed by atoms with Crippen molar-refractivity contribution in [1.82, 2.24) is 18.7 Å². The average Bonchev–Trinajstić information content (AvgIpc) is 3.58. The van der Waals surface area contributed by atoms with E-state index in [1.807, 2.05) is 62.4 Å². The average molecular weight is 500 g/mol. The van der Waals surface area contributed by atoms with Crippen LogP contribution in [0.3, 0.4) is 0 Å². The van der Waals surface area contributed by atoms with E-state index in [0.29, 0.717) is 24.5 Å². The van der Waals surface area contributed by atoms with E-state index in [9.17, 15) is 14.4 Å². The van der Waals surface area contributed by atoms with Gasteiger partial charge in [-0.2, -0.15) is 0 Å². The van der Waals surface area contributed by atoms with Crippen molar-refractivity contribution in [2.45, 2.75) is 46.3 Å². The van der Waals surface area contributed by atoms with Crippen molar-refractivity contribution in [2.75, 3.05) is 11.4 Å². The highest BCUT2D eigenvalue weighted by molar-refractivity contribution is 6.03. The molecule has 190 valence electrons. The maximum Gasteiger partial charge on any atom is 0.333 e. The molecule has 0 aliphatic rings. The fraction of sp³-hybridized carbons (Fsp3) is 0.286. The van der Waals surface area contributed by atoms with E-state index in [1.165, 1.54) is 10.9 Å². The number of carbonyl (C=O) groups excluding carboxylic acids is 1. The molecule has 3 heterocycles. The van der Waals surface area contributed by atoms with Crippen molar-refractivity contribution in [3.05, 3.63) is 93.8 Å². The van der Waals surface area contributed by atoms with Crippen LogP contribution in [0.1, 0.15) is 32.4 Å². The number of hydrogen-bond donors (Lipinski definition) is 0. The summed E-state index contributed by atoms with van der Waals surface area (Å²) in [7, 11) is 0. The van der Waals surface area contributed by atoms with Crippen molar-refractivity contribution >= 4 is 33.5 Å². The monoisotopic (exact) mass is 499 g/mol. The van der Waals surface area contributed by atoms with Crippen LogP contribution < -0.4 is 16.1 Å². The molecule has 1 amide bonds. The van der Waals surface area contributed by atoms with Gasteiger partial charge in [-0.25, -0.2) is 14.3 Å². The molecule has 0 N–H and O–H groups in total. The molecule has 5 rings (SSSR count). The highest BCUT2D eigenvalue weighted by Crippen LogP contribution is 2.27. The minimum atomic E-state index is -0.542. The van der Waals surface area contributed by atoms with Crippen molar-refractivity contribution in [3.8, 4) is 0 Å². The molecule has 0 aliphatic heterocycles. The van der Waals surface area contributed by atoms with Gasteiger partial charge in [-0.1, -0.05) is 49.7 Å². The summed E-state index contributed by atoms with van der Waals surface area (Å²) < 4.78 is 9.66. The van der Waals surface area contributed by atoms with Crippen LogP contribution >= 0.6 is 0 Å². The minimum Gasteiger partial charge on any atom is -0.467 e. The number of anilines is 1. The summed E-state index contributed by atoms with van der Waals surface area (Å²) in [6.45, 7) is 4.62. The molecule has 0 fully saturated rings. The van der Waals surface area contributed by atoms with Gasteiger partial charge in [-0.3, -0.25) is 14.2 Å². The predicted octanol–water partition coefficient (Wildman–Crippen LogP) is 4.01. The molecular formula is C28H29N5O4. The Morgan fingerprint density at radius 1 is 1.00 bits per heavy atom. The minimum absolute atomic E-state index is 0.271. The number of amides is 1. The molecular weight excluding hydrogens is 470 g/mol. The topological polar surface area (TPSA) is 95.3 Å². The van der Waals surface area contributed by atoms with E-state index in [2.05, 4.69) is 4.98 Å². The Morgan fingerprint density at radius 3 is 2.57 bits per heavy atom. The second kappa shape index (κ2) is 10.3. The maximum atomic E-state index is 13.7. The van der Waals surface area contributed by atoms with E-state index in [-0.39, 0.29) is 24.5 Å². The normalized spacial score (nSPS) is 11.4. The van der Waals surface area contributed by atoms with Crippen molar-refractivity contribution in [3.63, 3.8) is 0 Å². The SMILES string of the molecule is CCCCn1c(=O)n(CC(=O)N(CC)c2cccc3ccccc23)c(=O)c2c1ncn2Cc1ccco1. The van der Waals surface area contributed by atoms with Crippen molar-refractivity contribution < 1.29 is 9.21 Å². The lowest BCUT2D eigenvalue weighted by Crippen LogP contribution is -2.45. The molecule has 2 aromatic carbocycles. The smallest absolute Gasteiger partial charge is 0.333 e. The van der Waals surface area contributed by atoms with Gasteiger partial charge in [0.1, 0.15) is 12.3 Å². The summed E-state index contributed by atoms with van der Waals surface area (Å²) in [4.78, 5) is 46.8. The number of aryl methyl sites for hydroxylation is 1. The molecule has 0 spiro atoms. The zero-order chi connectivity index (χ0) is 25.9. The zero-order valence-electron chi connectivity index (χ0n) is 21.0. The van der Waals surface area contributed by atoms with E-state index in [1.54, 1.807) is 21.8 Å². The van der Waals surface area contributed by atoms with Crippen LogP contribution in [0.15, 0.2) is 81.2 Å². The summed E-state index contributed by atoms with van der Waals surface area (Å²) in [5, 5.41) is 1.94. The second-order valence-electron chi connectivity index (χ2n) is 8.94. The Bertz CT molecular complexity index is 1670. The second-order valence-corrected chi connectivity index (χ2v) is 8.94. The van der Waals surface area contributed by atoms with Crippen molar-refractivity contribution in [1.29, 1.82) is 0 Å². The molecule has 0 bridgehead atoms. The number of likely N-dealkylation sites (N-methyl/N-ethyl adjacent to an activating group) is 1. The number of benzene rings is 2. The van der Waals surface area contributed by atoms with Crippen LogP contribution in [0.5, 0.6) is 0 Å². The number of hydrogen-bond acceptors (Lipinski definition) is 5. The van der Waals surface area contributed by atoms with Gasteiger partial charge in [-0.15, -0.1) is 0 Å². The lowest BCUT2D eigenvalue weighted by Gasteiger charge is -2.23. The van der Waals surface area contributed by atoms with Crippen LogP contribution in [0.4, 0.5) is 5.69 Å². The summed E-state index contributed by atoms with van der Waals surface area (Å²) in [5.74, 6) is 0.317. The zero-order valence-corrected chi connectivity index (χ0v) is 21.0. The standard InChI is InChI=1S/C28H29N5O4/c1-3-5-15-32-26-25(30(19-29-26)17-21-12-9-16-37-21)27(35)33(28(32)36)18-24(34)31(4-2)23-14-8-11-20-10-6-7-13-22(20)23/h6-14,16,19H,3-5,15,17-18H2,1-2H3. The van der Waals surface area contributed by atoms with Gasteiger partial charge in [0, 0.05) is 18.5 Å². The fourth-order valence-electron chi connectivity index (χ4n) is 4.73. The molecule has 0 radical (unpaired) electrons. The molecule has 0 aliphatic carbocycles. The predicted molar refractivity (Wildman–Crippen MR) is 143 cm³/mol. The van der Waals surface area contributed by atoms with E-state index >= 15 is 0 Å². The van der Waals surface area contributed by atoms with E-state index in [0.717, 1.165) is 33.9 Å². The van der Waals surface area contributed by atoms with Crippen LogP contribution in [0.2, 0.25) is 0 Å². The third-order valence-corrected chi connectivity index (χ3v) is 6.59. The van der Waals surface area contributed by atoms with Crippen LogP contribution in [0.25, 0.3) is 21.9 Å². The van der Waals surface area contributed by atoms with Gasteiger partial charge in [0.05, 0.1) is 24.8 Å². The third kappa shape index (κ3) is 4.48. The molecule has 37 heavy (non-hydrogen) atoms. The molecule has 0 saturated carbocycles. The first kappa shape index (κ1) is 24.3. The number of imidazole rings is 1. The summed E-state index contributed by atoms with van der Waals surface area (Å²) in [5.41, 5.74) is 0.262. The number of fused-ring (bicyclic) bond motifs is 2. The number of furan rings is 1. The summed E-state index contributed by atoms with van der Waals surface area (Å²) in [6, 6.07) is 17.2. The van der Waals surface area contributed by atoms with Crippen LogP contribution in [-0.2, 0) is 24.4 Å². The molecule has 0 saturated heterocycles. The number of unbranched alkanes of at least 4 members (excludes halogenated alkanes) is 1. The van der Waals surface area contributed by atoms with Gasteiger partial charge in [0.25, 0.3) is 5.56 Å². The molecule has 9 nitrogen and oxygen atoms in total. The van der Waals surface area contributed by atoms with Gasteiger partial charge in [0.2, 0.25) is 5.91 Å². The Kier molecular flexibility index (Phi) is 6.76. The molecule has 0 atom stereocenters. The summed E-state index contributed by atoms with van der Waals surface area (Å²) in [6.07, 6.45) is 4.71. The van der Waals surface area contributed by atoms with Crippen LogP contribution in [0, 0.1) is 0 Å². The Morgan fingerprint density at radius 2 is 1.81 bits per heavy atom. The largest absolute Gasteiger partial charge is 0.467 e. The van der Waals surface area contributed by atoms with Gasteiger partial charge < -0.3 is 13.9 Å². The first-order valence-electron chi connectivity index (χ1n) is 12.5. The van der Waals surface area contributed by atoms with E-state index < -0.39 is 11.2 Å². The quantitative estimate of drug-likeness (QED) is 0.305. The number of aromatic nitrogens is 4. The molecule has 5 aromatic rings. The van der Waals surface area contributed by atoms with Gasteiger partial charge in [-0.05, 0) is 36.9 Å². The molecule has 0 unspecified atom stereocenters. The Hall–Kier alpha value is -4.40. The first-order chi connectivity index (χ1) is 18.0.